The van der Waals surface area contributed by atoms with E-state index >= 15 is 0 Å². The predicted molar refractivity (Wildman–Crippen MR) is 78.5 cm³/mol. The summed E-state index contributed by atoms with van der Waals surface area (Å²) in [4.78, 5) is 12.9. The van der Waals surface area contributed by atoms with E-state index in [1.54, 1.807) is 0 Å². The minimum atomic E-state index is 0.298. The molecular weight excluding hydrogens is 260 g/mol. The highest BCUT2D eigenvalue weighted by Crippen LogP contribution is 2.36. The maximum atomic E-state index is 5.97. The number of hydrogen-bond acceptors (Lipinski definition) is 4. The van der Waals surface area contributed by atoms with E-state index in [0.717, 1.165) is 30.3 Å². The standard InChI is InChI=1S/C14H15ClN4/c1-10-9-13(17-14(15)16-10)19-8-7-18(2)11-5-3-4-6-12(11)19/h3-6,9H,7-8H2,1-2H3. The van der Waals surface area contributed by atoms with E-state index in [1.807, 2.05) is 19.1 Å². The Hall–Kier alpha value is -1.81. The van der Waals surface area contributed by atoms with Gasteiger partial charge in [-0.3, -0.25) is 0 Å². The van der Waals surface area contributed by atoms with Crippen LogP contribution >= 0.6 is 11.6 Å². The zero-order valence-electron chi connectivity index (χ0n) is 11.0. The van der Waals surface area contributed by atoms with Crippen molar-refractivity contribution in [3.63, 3.8) is 0 Å². The first-order valence-electron chi connectivity index (χ1n) is 6.24. The van der Waals surface area contributed by atoms with Gasteiger partial charge in [-0.1, -0.05) is 12.1 Å². The summed E-state index contributed by atoms with van der Waals surface area (Å²) < 4.78 is 0. The molecule has 0 spiro atoms. The van der Waals surface area contributed by atoms with Crippen LogP contribution in [0.1, 0.15) is 5.69 Å². The molecule has 4 nitrogen and oxygen atoms in total. The van der Waals surface area contributed by atoms with E-state index in [9.17, 15) is 0 Å². The molecule has 0 N–H and O–H groups in total. The monoisotopic (exact) mass is 274 g/mol. The van der Waals surface area contributed by atoms with Crippen molar-refractivity contribution >= 4 is 28.8 Å². The molecule has 0 unspecified atom stereocenters. The van der Waals surface area contributed by atoms with Crippen molar-refractivity contribution in [2.24, 2.45) is 0 Å². The molecule has 3 rings (SSSR count). The fraction of sp³-hybridized carbons (Fsp3) is 0.286. The Labute approximate surface area is 117 Å². The fourth-order valence-electron chi connectivity index (χ4n) is 2.40. The normalized spacial score (nSPS) is 14.5. The number of para-hydroxylation sites is 2. The number of anilines is 3. The van der Waals surface area contributed by atoms with Crippen LogP contribution in [0.4, 0.5) is 17.2 Å². The Kier molecular flexibility index (Phi) is 3.03. The van der Waals surface area contributed by atoms with Crippen molar-refractivity contribution in [1.29, 1.82) is 0 Å². The maximum Gasteiger partial charge on any atom is 0.224 e. The Morgan fingerprint density at radius 3 is 2.58 bits per heavy atom. The molecule has 1 aromatic carbocycles. The second kappa shape index (κ2) is 4.70. The molecule has 0 fully saturated rings. The molecule has 98 valence electrons. The largest absolute Gasteiger partial charge is 0.371 e. The Bertz CT molecular complexity index is 594. The van der Waals surface area contributed by atoms with E-state index in [-0.39, 0.29) is 0 Å². The van der Waals surface area contributed by atoms with Gasteiger partial charge in [-0.05, 0) is 30.7 Å². The summed E-state index contributed by atoms with van der Waals surface area (Å²) in [7, 11) is 2.11. The van der Waals surface area contributed by atoms with Crippen molar-refractivity contribution in [2.45, 2.75) is 6.92 Å². The summed E-state index contributed by atoms with van der Waals surface area (Å²) >= 11 is 5.97. The topological polar surface area (TPSA) is 32.3 Å². The number of aryl methyl sites for hydroxylation is 1. The van der Waals surface area contributed by atoms with Crippen molar-refractivity contribution in [2.75, 3.05) is 29.9 Å². The van der Waals surface area contributed by atoms with Gasteiger partial charge in [-0.25, -0.2) is 9.97 Å². The van der Waals surface area contributed by atoms with Gasteiger partial charge in [0.15, 0.2) is 0 Å². The molecule has 1 aliphatic heterocycles. The van der Waals surface area contributed by atoms with Crippen LogP contribution in [0.3, 0.4) is 0 Å². The lowest BCUT2D eigenvalue weighted by molar-refractivity contribution is 0.810. The zero-order chi connectivity index (χ0) is 13.4. The first-order chi connectivity index (χ1) is 9.15. The molecule has 19 heavy (non-hydrogen) atoms. The quantitative estimate of drug-likeness (QED) is 0.748. The Morgan fingerprint density at radius 1 is 1.11 bits per heavy atom. The van der Waals surface area contributed by atoms with Crippen LogP contribution in [0.5, 0.6) is 0 Å². The van der Waals surface area contributed by atoms with E-state index < -0.39 is 0 Å². The van der Waals surface area contributed by atoms with E-state index in [0.29, 0.717) is 5.28 Å². The van der Waals surface area contributed by atoms with Crippen molar-refractivity contribution in [3.05, 3.63) is 41.3 Å². The molecule has 0 radical (unpaired) electrons. The van der Waals surface area contributed by atoms with E-state index in [4.69, 9.17) is 11.6 Å². The van der Waals surface area contributed by atoms with Crippen LogP contribution in [0.2, 0.25) is 5.28 Å². The van der Waals surface area contributed by atoms with Gasteiger partial charge in [-0.15, -0.1) is 0 Å². The molecular formula is C14H15ClN4. The zero-order valence-corrected chi connectivity index (χ0v) is 11.7. The first kappa shape index (κ1) is 12.2. The average Bonchev–Trinajstić information content (AvgIpc) is 2.38. The molecule has 0 atom stereocenters. The lowest BCUT2D eigenvalue weighted by Crippen LogP contribution is -2.36. The highest BCUT2D eigenvalue weighted by molar-refractivity contribution is 6.28. The third-order valence-electron chi connectivity index (χ3n) is 3.33. The summed E-state index contributed by atoms with van der Waals surface area (Å²) in [6, 6.07) is 10.3. The van der Waals surface area contributed by atoms with Crippen LogP contribution < -0.4 is 9.80 Å². The summed E-state index contributed by atoms with van der Waals surface area (Å²) in [5.41, 5.74) is 3.25. The second-order valence-electron chi connectivity index (χ2n) is 4.70. The highest BCUT2D eigenvalue weighted by Gasteiger charge is 2.22. The lowest BCUT2D eigenvalue weighted by Gasteiger charge is -2.36. The molecule has 2 heterocycles. The van der Waals surface area contributed by atoms with Gasteiger partial charge in [0.1, 0.15) is 5.82 Å². The fourth-order valence-corrected chi connectivity index (χ4v) is 2.62. The molecule has 0 amide bonds. The number of halogens is 1. The summed E-state index contributed by atoms with van der Waals surface area (Å²) in [6.07, 6.45) is 0. The van der Waals surface area contributed by atoms with Crippen molar-refractivity contribution in [1.82, 2.24) is 9.97 Å². The number of nitrogens with zero attached hydrogens (tertiary/aromatic N) is 4. The second-order valence-corrected chi connectivity index (χ2v) is 5.04. The SMILES string of the molecule is Cc1cc(N2CCN(C)c3ccccc32)nc(Cl)n1. The molecule has 0 saturated heterocycles. The molecule has 1 aromatic heterocycles. The molecule has 0 aliphatic carbocycles. The van der Waals surface area contributed by atoms with Gasteiger partial charge in [0.2, 0.25) is 5.28 Å². The Morgan fingerprint density at radius 2 is 1.84 bits per heavy atom. The van der Waals surface area contributed by atoms with Gasteiger partial charge in [0.05, 0.1) is 11.4 Å². The number of rotatable bonds is 1. The van der Waals surface area contributed by atoms with Crippen LogP contribution in [-0.4, -0.2) is 30.1 Å². The molecule has 1 aliphatic rings. The van der Waals surface area contributed by atoms with Crippen LogP contribution in [-0.2, 0) is 0 Å². The number of aromatic nitrogens is 2. The van der Waals surface area contributed by atoms with Crippen molar-refractivity contribution in [3.8, 4) is 0 Å². The van der Waals surface area contributed by atoms with Crippen molar-refractivity contribution < 1.29 is 0 Å². The summed E-state index contributed by atoms with van der Waals surface area (Å²) in [6.45, 7) is 3.77. The van der Waals surface area contributed by atoms with Gasteiger partial charge >= 0.3 is 0 Å². The number of hydrogen-bond donors (Lipinski definition) is 0. The number of likely N-dealkylation sites (N-methyl/N-ethyl adjacent to an activating group) is 1. The smallest absolute Gasteiger partial charge is 0.224 e. The summed E-state index contributed by atoms with van der Waals surface area (Å²) in [5, 5.41) is 0.298. The van der Waals surface area contributed by atoms with Crippen LogP contribution in [0, 0.1) is 6.92 Å². The van der Waals surface area contributed by atoms with Gasteiger partial charge in [0, 0.05) is 31.9 Å². The van der Waals surface area contributed by atoms with E-state index in [2.05, 4.69) is 45.0 Å². The van der Waals surface area contributed by atoms with Crippen LogP contribution in [0.25, 0.3) is 0 Å². The molecule has 5 heteroatoms. The van der Waals surface area contributed by atoms with Gasteiger partial charge in [0.25, 0.3) is 0 Å². The lowest BCUT2D eigenvalue weighted by atomic mass is 10.1. The van der Waals surface area contributed by atoms with Crippen LogP contribution in [0.15, 0.2) is 30.3 Å². The van der Waals surface area contributed by atoms with Gasteiger partial charge < -0.3 is 9.80 Å². The third kappa shape index (κ3) is 2.24. The number of fused-ring (bicyclic) bond motifs is 1. The maximum absolute atomic E-state index is 5.97. The van der Waals surface area contributed by atoms with Gasteiger partial charge in [-0.2, -0.15) is 0 Å². The average molecular weight is 275 g/mol. The van der Waals surface area contributed by atoms with E-state index in [1.165, 1.54) is 5.69 Å². The number of benzene rings is 1. The highest BCUT2D eigenvalue weighted by atomic mass is 35.5. The minimum absolute atomic E-state index is 0.298. The molecule has 2 aromatic rings. The molecule has 0 saturated carbocycles. The summed E-state index contributed by atoms with van der Waals surface area (Å²) in [5.74, 6) is 0.859. The minimum Gasteiger partial charge on any atom is -0.371 e. The predicted octanol–water partition coefficient (Wildman–Crippen LogP) is 3.03. The first-order valence-corrected chi connectivity index (χ1v) is 6.62. The third-order valence-corrected chi connectivity index (χ3v) is 3.50. The molecule has 0 bridgehead atoms. The Balaban J connectivity index is 2.09.